The second-order valence-corrected chi connectivity index (χ2v) is 38.8. The Hall–Kier alpha value is -11.8. The summed E-state index contributed by atoms with van der Waals surface area (Å²) in [5, 5.41) is 61.8. The van der Waals surface area contributed by atoms with Gasteiger partial charge in [0.2, 0.25) is 56.7 Å². The van der Waals surface area contributed by atoms with Crippen molar-refractivity contribution < 1.29 is 62.8 Å². The summed E-state index contributed by atoms with van der Waals surface area (Å²) >= 11 is 16.0. The van der Waals surface area contributed by atoms with E-state index in [-0.39, 0.29) is 54.0 Å². The van der Waals surface area contributed by atoms with Crippen LogP contribution < -0.4 is 32.2 Å². The van der Waals surface area contributed by atoms with E-state index < -0.39 is 66.2 Å². The molecule has 7 aromatic carbocycles. The fourth-order valence-electron chi connectivity index (χ4n) is 8.24. The number of aromatic amines is 2. The summed E-state index contributed by atoms with van der Waals surface area (Å²) < 4.78 is 104. The number of nitro groups is 3. The van der Waals surface area contributed by atoms with Crippen LogP contribution in [0.2, 0.25) is 0 Å². The van der Waals surface area contributed by atoms with Crippen molar-refractivity contribution in [1.29, 1.82) is 0 Å². The minimum absolute atomic E-state index is 0.00181. The number of sulfone groups is 4. The lowest BCUT2D eigenvalue weighted by molar-refractivity contribution is -0.385. The number of nitrogens with zero attached hydrogens (tertiary/aromatic N) is 11. The number of hydrogen-bond acceptors (Lipinski definition) is 35. The lowest BCUT2D eigenvalue weighted by atomic mass is 10.3. The monoisotopic (exact) mass is 1890 g/mol. The first-order chi connectivity index (χ1) is 56.5. The van der Waals surface area contributed by atoms with Crippen molar-refractivity contribution in [3.8, 4) is 5.75 Å². The van der Waals surface area contributed by atoms with Crippen molar-refractivity contribution in [2.45, 2.75) is 64.2 Å². The van der Waals surface area contributed by atoms with Crippen LogP contribution in [-0.4, -0.2) is 111 Å². The van der Waals surface area contributed by atoms with Gasteiger partial charge in [-0.25, -0.2) is 73.2 Å². The first-order valence-corrected chi connectivity index (χ1v) is 45.7. The van der Waals surface area contributed by atoms with E-state index in [1.807, 2.05) is 16.8 Å². The number of non-ortho nitro benzene ring substituents is 3. The molecule has 48 heteroatoms. The van der Waals surface area contributed by atoms with Gasteiger partial charge in [-0.1, -0.05) is 30.0 Å². The number of aromatic nitrogens is 10. The topological polar surface area (TPSA) is 532 Å². The number of urea groups is 1. The Morgan fingerprint density at radius 3 is 1.19 bits per heavy atom. The fraction of sp³-hybridized carbons (Fsp3) is 0.0286. The maximum Gasteiger partial charge on any atom is 0.417 e. The number of amides is 3. The molecule has 0 saturated heterocycles. The highest BCUT2D eigenvalue weighted by Gasteiger charge is 2.24. The predicted molar refractivity (Wildman–Crippen MR) is 454 cm³/mol. The molecule has 0 bridgehead atoms. The maximum atomic E-state index is 12.3. The third-order valence-corrected chi connectivity index (χ3v) is 29.2. The Morgan fingerprint density at radius 1 is 0.475 bits per heavy atom. The summed E-state index contributed by atoms with van der Waals surface area (Å²) in [6, 6.07) is 43.2. The molecule has 610 valence electrons. The number of hydrogen-bond donors (Lipinski definition) is 8. The SMILES string of the molecule is Brc1nccs1.NCc1cn[nH]c1.Nc1ccc(S(=O)(=O)c2nccs2)cc1.O=C(NCc1cn[nH]c1)Nc1ccc(S(=O)(=O)c2nccs2)cc1.O=C(Nc1ccc(S(=O)(=O)c2nccs2)cc1)Oc1ccccc1.O=[N+]([O-])c1ccc(S(=O)(=O)c2nccs2)cc1.O=[N+]([O-])c1ccc(S)cc1.O=[N+]([O-])c1ccc(Sc2nccs2)cc1. The molecule has 0 aliphatic heterocycles. The number of nitrogens with two attached hydrogens (primary N) is 2. The van der Waals surface area contributed by atoms with Crippen molar-refractivity contribution in [3.05, 3.63) is 316 Å². The Balaban J connectivity index is 0.000000174. The average molecular weight is 1890 g/mol. The van der Waals surface area contributed by atoms with Crippen LogP contribution in [-0.2, 0) is 52.4 Å². The highest BCUT2D eigenvalue weighted by Crippen LogP contribution is 2.32. The number of nitrogens with one attached hydrogen (secondary N) is 5. The van der Waals surface area contributed by atoms with Crippen LogP contribution in [0.4, 0.5) is 43.7 Å². The average Bonchev–Trinajstić information content (AvgIpc) is 1.31. The Morgan fingerprint density at radius 2 is 0.847 bits per heavy atom. The second-order valence-electron chi connectivity index (χ2n) is 21.8. The van der Waals surface area contributed by atoms with Crippen LogP contribution in [0.25, 0.3) is 0 Å². The molecule has 3 amide bonds. The summed E-state index contributed by atoms with van der Waals surface area (Å²) in [6.07, 6.45) is 15.4. The number of rotatable bonds is 19. The Kier molecular flexibility index (Phi) is 35.5. The first kappa shape index (κ1) is 91.7. The normalized spacial score (nSPS) is 10.7. The van der Waals surface area contributed by atoms with E-state index in [9.17, 15) is 73.6 Å². The molecule has 15 aromatic rings. The van der Waals surface area contributed by atoms with Gasteiger partial charge in [-0.05, 0) is 137 Å². The van der Waals surface area contributed by atoms with E-state index in [4.69, 9.17) is 16.2 Å². The summed E-state index contributed by atoms with van der Waals surface area (Å²) in [7, 11) is -14.4. The minimum atomic E-state index is -3.65. The number of halogens is 1. The predicted octanol–water partition coefficient (Wildman–Crippen LogP) is 15.9. The standard InChI is InChI=1S/C16H12N2O4S2.C14H13N5O3S2.C9H6N2O4S2.C9H8N2O2S2.C9H6N2O2S2.C6H5NO2S.C4H7N3.C3H2BrNS/c19-15(22-13-4-2-1-3-5-13)18-12-6-8-14(9-7-12)24(20,21)16-17-10-11-23-16;20-13(16-7-10-8-17-18-9-10)19-11-1-3-12(4-2-11)24(21,22)14-15-5-6-23-14;12-11(13)7-1-3-8(4-2-7)17(14,15)9-10-5-6-16-9;10-7-1-3-8(4-2-7)15(12,13)9-11-5-6-14-9;12-11(13)7-1-3-8(4-2-7)15-9-10-5-6-14-9;8-7(9)5-1-3-6(10)4-2-5;5-1-4-2-6-7-3-4;4-3-5-1-2-6-3/h1-11H,(H,18,19);1-6,8-9H,7H2,(H,17,18)(H2,16,19,20);1-6H;1-6H,10H2;1-6H;1-4,10H;2-3H,1,5H2,(H,6,7);1-2H. The van der Waals surface area contributed by atoms with Gasteiger partial charge in [0.15, 0.2) is 8.26 Å². The Labute approximate surface area is 713 Å². The molecule has 0 aliphatic carbocycles. The number of ether oxygens (including phenoxy) is 1. The number of benzene rings is 7. The van der Waals surface area contributed by atoms with Gasteiger partial charge in [0.05, 0.1) is 46.7 Å². The molecule has 0 spiro atoms. The summed E-state index contributed by atoms with van der Waals surface area (Å²) in [5.41, 5.74) is 14.1. The molecule has 9 N–H and O–H groups in total. The van der Waals surface area contributed by atoms with E-state index in [0.717, 1.165) is 86.7 Å². The number of nitro benzene ring substituents is 3. The smallest absolute Gasteiger partial charge is 0.410 e. The number of nitrogen functional groups attached to an aromatic ring is 1. The van der Waals surface area contributed by atoms with Crippen molar-refractivity contribution in [3.63, 3.8) is 0 Å². The lowest BCUT2D eigenvalue weighted by Crippen LogP contribution is -2.28. The molecule has 118 heavy (non-hydrogen) atoms. The number of thiol groups is 1. The third kappa shape index (κ3) is 29.1. The van der Waals surface area contributed by atoms with E-state index >= 15 is 0 Å². The van der Waals surface area contributed by atoms with Crippen molar-refractivity contribution >= 4 is 194 Å². The molecule has 0 atom stereocenters. The largest absolute Gasteiger partial charge is 0.417 e. The van der Waals surface area contributed by atoms with Crippen LogP contribution >= 0.6 is 108 Å². The van der Waals surface area contributed by atoms with Gasteiger partial charge in [0.25, 0.3) is 17.1 Å². The van der Waals surface area contributed by atoms with Crippen LogP contribution in [0.5, 0.6) is 5.75 Å². The van der Waals surface area contributed by atoms with Gasteiger partial charge in [0.1, 0.15) is 5.75 Å². The summed E-state index contributed by atoms with van der Waals surface area (Å²) in [4.78, 5) is 78.4. The zero-order chi connectivity index (χ0) is 85.1. The zero-order valence-electron chi connectivity index (χ0n) is 59.7. The molecule has 8 aromatic heterocycles. The fourth-order valence-corrected chi connectivity index (χ4v) is 19.7. The summed E-state index contributed by atoms with van der Waals surface area (Å²) in [6.45, 7) is 0.898. The molecule has 8 heterocycles. The molecule has 0 radical (unpaired) electrons. The van der Waals surface area contributed by atoms with E-state index in [0.29, 0.717) is 35.9 Å². The van der Waals surface area contributed by atoms with Gasteiger partial charge in [-0.15, -0.1) is 80.6 Å². The number of anilines is 3. The van der Waals surface area contributed by atoms with Crippen molar-refractivity contribution in [2.75, 3.05) is 16.4 Å². The van der Waals surface area contributed by atoms with E-state index in [1.54, 1.807) is 142 Å². The number of para-hydroxylation sites is 1. The quantitative estimate of drug-likeness (QED) is 0.0161. The van der Waals surface area contributed by atoms with Crippen LogP contribution in [0.3, 0.4) is 0 Å². The van der Waals surface area contributed by atoms with E-state index in [2.05, 4.69) is 94.8 Å². The number of thiazole rings is 6. The van der Waals surface area contributed by atoms with E-state index in [1.165, 1.54) is 134 Å². The molecular formula is C70H59BrN18O17S12. The van der Waals surface area contributed by atoms with Gasteiger partial charge < -0.3 is 26.8 Å². The maximum absolute atomic E-state index is 12.3. The molecule has 0 unspecified atom stereocenters. The highest BCUT2D eigenvalue weighted by molar-refractivity contribution is 9.11. The number of carbonyl (C=O) groups is 2. The number of H-pyrrole nitrogens is 2. The second kappa shape index (κ2) is 45.7. The van der Waals surface area contributed by atoms with Gasteiger partial charge in [-0.2, -0.15) is 10.2 Å². The third-order valence-electron chi connectivity index (χ3n) is 13.8. The van der Waals surface area contributed by atoms with Crippen molar-refractivity contribution in [1.82, 2.24) is 55.6 Å². The number of carbonyl (C=O) groups excluding carboxylic acids is 2. The van der Waals surface area contributed by atoms with Crippen molar-refractivity contribution in [2.24, 2.45) is 5.73 Å². The first-order valence-electron chi connectivity index (χ1n) is 32.4. The van der Waals surface area contributed by atoms with Crippen LogP contribution in [0.15, 0.2) is 325 Å². The van der Waals surface area contributed by atoms with Gasteiger partial charge >= 0.3 is 12.1 Å². The van der Waals surface area contributed by atoms with Crippen LogP contribution in [0.1, 0.15) is 11.1 Å². The van der Waals surface area contributed by atoms with Gasteiger partial charge in [0, 0.05) is 169 Å². The lowest BCUT2D eigenvalue weighted by Gasteiger charge is -2.07. The Bertz CT molecular complexity index is 6050. The minimum Gasteiger partial charge on any atom is -0.410 e. The molecular weight excluding hydrogens is 1830 g/mol. The molecule has 0 aliphatic rings. The molecule has 15 rings (SSSR count). The molecule has 0 fully saturated rings. The molecule has 0 saturated carbocycles. The summed E-state index contributed by atoms with van der Waals surface area (Å²) in [5.74, 6) is 0.415. The van der Waals surface area contributed by atoms with Gasteiger partial charge in [-0.3, -0.25) is 45.9 Å². The molecule has 35 nitrogen and oxygen atoms in total. The zero-order valence-corrected chi connectivity index (χ0v) is 71.2. The highest BCUT2D eigenvalue weighted by atomic mass is 79.9. The van der Waals surface area contributed by atoms with Crippen LogP contribution in [0, 0.1) is 30.3 Å².